The molecule has 0 heterocycles. The summed E-state index contributed by atoms with van der Waals surface area (Å²) in [4.78, 5) is 32.2. The van der Waals surface area contributed by atoms with Crippen molar-refractivity contribution < 1.29 is 41.6 Å². The number of hydrogen-bond donors (Lipinski definition) is 2. The summed E-state index contributed by atoms with van der Waals surface area (Å²) in [6.45, 7) is 1.93. The molecule has 45 heavy (non-hydrogen) atoms. The maximum Gasteiger partial charge on any atom is 0.338 e. The number of aliphatic hydroxyl groups excluding tert-OH is 1. The maximum absolute atomic E-state index is 13.4. The molecule has 0 spiro atoms. The Kier molecular flexibility index (Phi) is 10.4. The minimum absolute atomic E-state index is 0.128. The number of carbonyl (C=O) groups is 2. The lowest BCUT2D eigenvalue weighted by Gasteiger charge is -2.43. The summed E-state index contributed by atoms with van der Waals surface area (Å²) in [6, 6.07) is 30.5. The third kappa shape index (κ3) is 8.21. The number of carbonyl (C=O) groups excluding carboxylic acids is 2. The number of hydrogen-bond acceptors (Lipinski definition) is 10. The molecule has 2 N–H and O–H groups in total. The van der Waals surface area contributed by atoms with E-state index in [1.165, 1.54) is 24.3 Å². The van der Waals surface area contributed by atoms with Gasteiger partial charge in [-0.05, 0) is 55.3 Å². The largest absolute Gasteiger partial charge is 0.453 e. The van der Waals surface area contributed by atoms with Gasteiger partial charge in [-0.15, -0.1) is 0 Å². The van der Waals surface area contributed by atoms with Gasteiger partial charge >= 0.3 is 11.9 Å². The number of nitrogens with one attached hydrogen (secondary N) is 1. The fraction of sp³-hybridized carbons (Fsp3) is 0.235. The first-order valence-corrected chi connectivity index (χ1v) is 15.7. The summed E-state index contributed by atoms with van der Waals surface area (Å²) >= 11 is 0. The van der Waals surface area contributed by atoms with Crippen LogP contribution in [0.3, 0.4) is 0 Å². The summed E-state index contributed by atoms with van der Waals surface area (Å²) in [5, 5.41) is 11.3. The Bertz CT molecular complexity index is 1670. The van der Waals surface area contributed by atoms with Crippen LogP contribution in [-0.4, -0.2) is 55.9 Å². The average Bonchev–Trinajstić information content (AvgIpc) is 3.05. The molecule has 11 heteroatoms. The number of aryl methyl sites for hydroxylation is 1. The van der Waals surface area contributed by atoms with Gasteiger partial charge < -0.3 is 14.6 Å². The van der Waals surface area contributed by atoms with Crippen molar-refractivity contribution in [2.45, 2.75) is 55.3 Å². The van der Waals surface area contributed by atoms with Crippen LogP contribution in [-0.2, 0) is 35.2 Å². The number of ether oxygens (including phenoxy) is 2. The van der Waals surface area contributed by atoms with Gasteiger partial charge in [-0.3, -0.25) is 9.02 Å². The van der Waals surface area contributed by atoms with Crippen molar-refractivity contribution in [2.24, 2.45) is 0 Å². The zero-order valence-electron chi connectivity index (χ0n) is 24.4. The average molecular weight is 632 g/mol. The first-order valence-electron chi connectivity index (χ1n) is 14.3. The smallest absolute Gasteiger partial charge is 0.338 e. The fourth-order valence-corrected chi connectivity index (χ4v) is 6.04. The van der Waals surface area contributed by atoms with E-state index in [1.54, 1.807) is 67.6 Å². The van der Waals surface area contributed by atoms with Crippen LogP contribution >= 0.6 is 0 Å². The number of aliphatic hydroxyl groups is 1. The fourth-order valence-electron chi connectivity index (χ4n) is 4.93. The molecular weight excluding hydrogens is 598 g/mol. The summed E-state index contributed by atoms with van der Waals surface area (Å²) in [5.74, 6) is -1.59. The summed E-state index contributed by atoms with van der Waals surface area (Å²) in [7, 11) is -4.46. The van der Waals surface area contributed by atoms with Gasteiger partial charge in [0, 0.05) is 0 Å². The van der Waals surface area contributed by atoms with Crippen molar-refractivity contribution in [3.63, 3.8) is 0 Å². The Morgan fingerprint density at radius 3 is 1.80 bits per heavy atom. The zero-order valence-corrected chi connectivity index (χ0v) is 25.2. The second-order valence-electron chi connectivity index (χ2n) is 10.6. The molecule has 1 aliphatic rings. The van der Waals surface area contributed by atoms with Crippen LogP contribution in [0.1, 0.15) is 38.3 Å². The first kappa shape index (κ1) is 32.0. The van der Waals surface area contributed by atoms with E-state index in [1.807, 2.05) is 30.3 Å². The highest BCUT2D eigenvalue weighted by Gasteiger charge is 2.52. The van der Waals surface area contributed by atoms with Crippen molar-refractivity contribution in [2.75, 3.05) is 0 Å². The molecule has 5 atom stereocenters. The minimum Gasteiger partial charge on any atom is -0.453 e. The monoisotopic (exact) mass is 631 g/mol. The second-order valence-corrected chi connectivity index (χ2v) is 12.2. The molecule has 1 aliphatic carbocycles. The van der Waals surface area contributed by atoms with Crippen molar-refractivity contribution in [1.29, 1.82) is 0 Å². The number of benzene rings is 4. The van der Waals surface area contributed by atoms with Gasteiger partial charge in [-0.25, -0.2) is 9.59 Å². The molecule has 5 rings (SSSR count). The van der Waals surface area contributed by atoms with E-state index in [0.29, 0.717) is 0 Å². The molecule has 4 aromatic carbocycles. The number of hydroxylamine groups is 1. The molecule has 0 unspecified atom stereocenters. The third-order valence-electron chi connectivity index (χ3n) is 7.29. The lowest BCUT2D eigenvalue weighted by atomic mass is 9.85. The molecular formula is C34H33NO9S. The van der Waals surface area contributed by atoms with Crippen LogP contribution in [0.2, 0.25) is 0 Å². The lowest BCUT2D eigenvalue weighted by Crippen LogP contribution is -2.63. The third-order valence-corrected chi connectivity index (χ3v) is 8.61. The summed E-state index contributed by atoms with van der Waals surface area (Å²) in [5.41, 5.74) is 4.89. The van der Waals surface area contributed by atoms with E-state index in [-0.39, 0.29) is 29.1 Å². The molecule has 1 fully saturated rings. The topological polar surface area (TPSA) is 137 Å². The van der Waals surface area contributed by atoms with Crippen LogP contribution in [0.5, 0.6) is 0 Å². The lowest BCUT2D eigenvalue weighted by molar-refractivity contribution is -0.162. The van der Waals surface area contributed by atoms with Gasteiger partial charge in [-0.2, -0.15) is 13.9 Å². The Hall–Kier alpha value is -4.39. The van der Waals surface area contributed by atoms with Crippen LogP contribution in [0.15, 0.2) is 120 Å². The Balaban J connectivity index is 1.49. The van der Waals surface area contributed by atoms with Crippen molar-refractivity contribution >= 4 is 22.1 Å². The first-order chi connectivity index (χ1) is 21.7. The molecule has 234 valence electrons. The van der Waals surface area contributed by atoms with E-state index < -0.39 is 52.5 Å². The Morgan fingerprint density at radius 1 is 0.733 bits per heavy atom. The highest BCUT2D eigenvalue weighted by Crippen LogP contribution is 2.32. The zero-order chi connectivity index (χ0) is 31.8. The molecule has 0 aliphatic heterocycles. The molecule has 0 aromatic heterocycles. The van der Waals surface area contributed by atoms with Crippen LogP contribution in [0.4, 0.5) is 0 Å². The normalized spacial score (nSPS) is 21.5. The van der Waals surface area contributed by atoms with E-state index in [0.717, 1.165) is 11.1 Å². The highest BCUT2D eigenvalue weighted by molar-refractivity contribution is 7.86. The van der Waals surface area contributed by atoms with E-state index in [2.05, 4.69) is 5.48 Å². The molecule has 0 radical (unpaired) electrons. The maximum atomic E-state index is 13.4. The number of rotatable bonds is 11. The standard InChI is InChI=1S/C34H33NO9S/c1-23-17-19-27(20-18-23)45(39,40)44-31-29(36)21-28(35-41-22-24-11-5-2-6-12-24)30(42-33(37)25-13-7-3-8-14-25)32(31)43-34(38)26-15-9-4-10-16-26/h2-20,28-32,35-36H,21-22H2,1H3/t28-,29-,30+,31-,32-/m0/s1. The van der Waals surface area contributed by atoms with Crippen LogP contribution in [0, 0.1) is 6.92 Å². The van der Waals surface area contributed by atoms with Crippen LogP contribution in [0.25, 0.3) is 0 Å². The summed E-state index contributed by atoms with van der Waals surface area (Å²) < 4.78 is 44.1. The second kappa shape index (κ2) is 14.6. The molecule has 0 amide bonds. The summed E-state index contributed by atoms with van der Waals surface area (Å²) in [6.07, 6.45) is -6.21. The minimum atomic E-state index is -4.46. The van der Waals surface area contributed by atoms with Gasteiger partial charge in [0.15, 0.2) is 12.2 Å². The molecule has 0 bridgehead atoms. The van der Waals surface area contributed by atoms with E-state index in [9.17, 15) is 23.1 Å². The molecule has 0 saturated heterocycles. The van der Waals surface area contributed by atoms with Crippen molar-refractivity contribution in [3.8, 4) is 0 Å². The quantitative estimate of drug-likeness (QED) is 0.139. The SMILES string of the molecule is Cc1ccc(S(=O)(=O)O[C@@H]2[C@@H](OC(=O)c3ccccc3)[C@H](OC(=O)c3ccccc3)[C@@H](NOCc3ccccc3)C[C@@H]2O)cc1. The van der Waals surface area contributed by atoms with Gasteiger partial charge in [0.05, 0.1) is 34.8 Å². The number of esters is 2. The Labute approximate surface area is 261 Å². The van der Waals surface area contributed by atoms with Crippen molar-refractivity contribution in [3.05, 3.63) is 138 Å². The van der Waals surface area contributed by atoms with Gasteiger partial charge in [0.1, 0.15) is 6.10 Å². The Morgan fingerprint density at radius 2 is 1.24 bits per heavy atom. The molecule has 4 aromatic rings. The molecule has 10 nitrogen and oxygen atoms in total. The van der Waals surface area contributed by atoms with Gasteiger partial charge in [0.25, 0.3) is 10.1 Å². The highest BCUT2D eigenvalue weighted by atomic mass is 32.2. The van der Waals surface area contributed by atoms with Crippen molar-refractivity contribution in [1.82, 2.24) is 5.48 Å². The van der Waals surface area contributed by atoms with E-state index in [4.69, 9.17) is 18.5 Å². The van der Waals surface area contributed by atoms with E-state index >= 15 is 0 Å². The van der Waals surface area contributed by atoms with Gasteiger partial charge in [-0.1, -0.05) is 84.4 Å². The van der Waals surface area contributed by atoms with Gasteiger partial charge in [0.2, 0.25) is 0 Å². The predicted octanol–water partition coefficient (Wildman–Crippen LogP) is 4.37. The predicted molar refractivity (Wildman–Crippen MR) is 163 cm³/mol. The van der Waals surface area contributed by atoms with Crippen LogP contribution < -0.4 is 5.48 Å². The molecule has 1 saturated carbocycles.